The summed E-state index contributed by atoms with van der Waals surface area (Å²) in [4.78, 5) is 34.8. The third-order valence-corrected chi connectivity index (χ3v) is 21.1. The molecular weight excluding hydrogens is 1610 g/mol. The molecule has 0 aliphatic carbocycles. The zero-order chi connectivity index (χ0) is 88.7. The first-order chi connectivity index (χ1) is 62.2. The molecule has 6 aromatic carbocycles. The number of hydrogen-bond acceptors (Lipinski definition) is 31. The molecule has 12 aromatic heterocycles. The minimum absolute atomic E-state index is 0.225. The fourth-order valence-corrected chi connectivity index (χ4v) is 14.4. The highest BCUT2D eigenvalue weighted by Gasteiger charge is 2.23. The molecule has 19 rings (SSSR count). The summed E-state index contributed by atoms with van der Waals surface area (Å²) in [6.45, 7) is 15.5. The van der Waals surface area contributed by atoms with Crippen LogP contribution in [0.25, 0.3) is 45.0 Å². The number of hydrogen-bond donors (Lipinski definition) is 9. The predicted molar refractivity (Wildman–Crippen MR) is 499 cm³/mol. The summed E-state index contributed by atoms with van der Waals surface area (Å²) in [7, 11) is 12.7. The van der Waals surface area contributed by atoms with Crippen LogP contribution in [0.3, 0.4) is 0 Å². The number of rotatable bonds is 24. The summed E-state index contributed by atoms with van der Waals surface area (Å²) in [6.07, 6.45) is 27.3. The number of halogens is 1. The lowest BCUT2D eigenvalue weighted by atomic mass is 10.0. The van der Waals surface area contributed by atoms with Crippen LogP contribution in [-0.4, -0.2) is 205 Å². The number of phenolic OH excluding ortho intramolecular Hbond substituents is 1. The molecule has 0 amide bonds. The van der Waals surface area contributed by atoms with Gasteiger partial charge in [0.25, 0.3) is 0 Å². The van der Waals surface area contributed by atoms with E-state index in [0.29, 0.717) is 77.2 Å². The summed E-state index contributed by atoms with van der Waals surface area (Å²) < 4.78 is 24.2. The number of aromatic hydroxyl groups is 1. The van der Waals surface area contributed by atoms with Crippen LogP contribution in [0.5, 0.6) is 5.75 Å². The normalized spacial score (nSPS) is 11.6. The smallest absolute Gasteiger partial charge is 0.228 e. The van der Waals surface area contributed by atoms with E-state index >= 15 is 0 Å². The Hall–Kier alpha value is -16.1. The number of aryl methyl sites for hydroxylation is 3. The van der Waals surface area contributed by atoms with Gasteiger partial charge in [-0.2, -0.15) is 0 Å². The minimum atomic E-state index is -0.270. The van der Waals surface area contributed by atoms with E-state index < -0.39 is 0 Å². The Bertz CT molecular complexity index is 6590. The second-order valence-corrected chi connectivity index (χ2v) is 29.0. The Morgan fingerprint density at radius 2 is 0.795 bits per heavy atom. The van der Waals surface area contributed by atoms with Crippen molar-refractivity contribution in [1.82, 2.24) is 117 Å². The van der Waals surface area contributed by atoms with Gasteiger partial charge in [0.05, 0.1) is 0 Å². The predicted octanol–water partition coefficient (Wildman–Crippen LogP) is 14.0. The van der Waals surface area contributed by atoms with Crippen LogP contribution < -0.4 is 62.1 Å². The van der Waals surface area contributed by atoms with Crippen LogP contribution >= 0.6 is 0 Å². The minimum Gasteiger partial charge on any atom is -0.508 e. The van der Waals surface area contributed by atoms with Crippen LogP contribution in [-0.2, 0) is 19.4 Å². The van der Waals surface area contributed by atoms with Gasteiger partial charge in [-0.15, -0.1) is 61.2 Å². The van der Waals surface area contributed by atoms with Crippen molar-refractivity contribution in [1.29, 1.82) is 0 Å². The SMILES string of the molecule is CCN(c1cc(O)ccc1C)c1nccn2c(NC)nnc12.CCN(c1ccccc1C)c1nccn2c(NC)nnc12.CCc1ccc(CCNc2nccn3c(NC)nnc23)cc1.CNc1nnc2c(N(C)c3ccc(F)cc3)nccn12.CNc1nnc2c(N3CCCCC3)nccn12.CNc1nnc2c(NCc3ccc(-c4ccccc4)cc3)nccn12. The van der Waals surface area contributed by atoms with Crippen LogP contribution in [0, 0.1) is 19.7 Å². The number of para-hydroxylation sites is 1. The summed E-state index contributed by atoms with van der Waals surface area (Å²) in [6, 6.07) is 47.4. The molecule has 1 aliphatic rings. The van der Waals surface area contributed by atoms with Gasteiger partial charge in [-0.1, -0.05) is 110 Å². The summed E-state index contributed by atoms with van der Waals surface area (Å²) in [5.41, 5.74) is 15.7. The molecule has 0 bridgehead atoms. The molecule has 1 fully saturated rings. The maximum Gasteiger partial charge on any atom is 0.228 e. The number of nitrogens with one attached hydrogen (secondary N) is 8. The Kier molecular flexibility index (Phi) is 28.7. The number of phenols is 1. The lowest BCUT2D eigenvalue weighted by Gasteiger charge is -2.27. The molecule has 127 heavy (non-hydrogen) atoms. The summed E-state index contributed by atoms with van der Waals surface area (Å²) in [5.74, 6) is 8.66. The van der Waals surface area contributed by atoms with Crippen molar-refractivity contribution in [2.24, 2.45) is 0 Å². The van der Waals surface area contributed by atoms with Crippen molar-refractivity contribution < 1.29 is 9.50 Å². The fourth-order valence-electron chi connectivity index (χ4n) is 14.4. The lowest BCUT2D eigenvalue weighted by molar-refractivity contribution is 0.475. The first-order valence-electron chi connectivity index (χ1n) is 41.8. The van der Waals surface area contributed by atoms with E-state index in [1.54, 1.807) is 81.7 Å². The Morgan fingerprint density at radius 3 is 1.30 bits per heavy atom. The van der Waals surface area contributed by atoms with Gasteiger partial charge in [0.15, 0.2) is 34.9 Å². The summed E-state index contributed by atoms with van der Waals surface area (Å²) >= 11 is 0. The fraction of sp³-hybridized carbons (Fsp3) is 0.258. The maximum absolute atomic E-state index is 13.0. The van der Waals surface area contributed by atoms with Gasteiger partial charge in [0.1, 0.15) is 11.6 Å². The Labute approximate surface area is 732 Å². The van der Waals surface area contributed by atoms with Crippen LogP contribution in [0.15, 0.2) is 220 Å². The van der Waals surface area contributed by atoms with Crippen LogP contribution in [0.2, 0.25) is 0 Å². The standard InChI is InChI=1S/C19H18N6.C16H20N6.C15H18N6O.C15H18N6.C13H13FN6.C11H16N6/c1-20-19-24-23-18-17(21-11-12-25(18)19)22-13-14-7-9-16(10-8-14)15-5-3-2-4-6-15;1-3-12-4-6-13(7-5-12)8-9-18-14-15-20-21-16(17-2)22(15)11-10-19-14;1-4-20(12-9-11(22)6-5-10(12)2)13-14-18-19-15(16-3)21(14)8-7-17-13;1-4-20(12-8-6-5-7-11(12)2)13-14-18-19-15(16-3)21(14)10-9-17-13;1-15-13-18-17-12-11(16-7-8-20(12)13)19(2)10-5-3-9(14)4-6-10;1-12-11-15-14-10-9(13-5-8-17(10)11)16-6-3-2-4-7-16/h2-12H,13H2,1H3,(H,20,24)(H,21,22);4-7,10-11H,3,8-9H2,1-2H3,(H,17,21)(H,18,19);5-9,22H,4H2,1-3H3,(H,16,19);5-10H,4H2,1-3H3,(H,16,19);3-8H,1-2H3,(H,15,18);5,8H,2-4,6-7H2,1H3,(H,12,15). The quantitative estimate of drug-likeness (QED) is 0.0271. The second-order valence-electron chi connectivity index (χ2n) is 29.0. The highest BCUT2D eigenvalue weighted by atomic mass is 19.1. The molecule has 652 valence electrons. The number of nitrogens with zero attached hydrogens (tertiary/aromatic N) is 28. The first-order valence-corrected chi connectivity index (χ1v) is 41.8. The van der Waals surface area contributed by atoms with Crippen molar-refractivity contribution in [2.75, 3.05) is 144 Å². The molecule has 0 spiro atoms. The van der Waals surface area contributed by atoms with Gasteiger partial charge >= 0.3 is 0 Å². The molecule has 9 N–H and O–H groups in total. The molecule has 0 atom stereocenters. The van der Waals surface area contributed by atoms with Crippen molar-refractivity contribution in [3.05, 3.63) is 254 Å². The third-order valence-electron chi connectivity index (χ3n) is 21.1. The topological polar surface area (TPSA) is 388 Å². The molecule has 13 heterocycles. The van der Waals surface area contributed by atoms with Gasteiger partial charge < -0.3 is 67.2 Å². The van der Waals surface area contributed by atoms with Gasteiger partial charge in [-0.25, -0.2) is 34.3 Å². The van der Waals surface area contributed by atoms with Gasteiger partial charge in [0, 0.05) is 186 Å². The molecule has 0 unspecified atom stereocenters. The molecule has 37 nitrogen and oxygen atoms in total. The number of fused-ring (bicyclic) bond motifs is 6. The third kappa shape index (κ3) is 20.0. The van der Waals surface area contributed by atoms with E-state index in [0.717, 1.165) is 102 Å². The monoisotopic (exact) mass is 1710 g/mol. The zero-order valence-corrected chi connectivity index (χ0v) is 72.9. The maximum atomic E-state index is 13.0. The highest BCUT2D eigenvalue weighted by molar-refractivity contribution is 5.78. The summed E-state index contributed by atoms with van der Waals surface area (Å²) in [5, 5.41) is 84.2. The highest BCUT2D eigenvalue weighted by Crippen LogP contribution is 2.35. The van der Waals surface area contributed by atoms with Crippen LogP contribution in [0.4, 0.5) is 92.0 Å². The number of aromatic nitrogens is 24. The van der Waals surface area contributed by atoms with Crippen LogP contribution in [0.1, 0.15) is 67.9 Å². The van der Waals surface area contributed by atoms with Crippen molar-refractivity contribution >= 4 is 122 Å². The molecule has 18 aromatic rings. The van der Waals surface area contributed by atoms with E-state index in [1.165, 1.54) is 64.8 Å². The van der Waals surface area contributed by atoms with E-state index in [1.807, 2.05) is 141 Å². The number of benzene rings is 6. The largest absolute Gasteiger partial charge is 0.508 e. The van der Waals surface area contributed by atoms with Crippen molar-refractivity contribution in [2.45, 2.75) is 73.3 Å². The van der Waals surface area contributed by atoms with Crippen molar-refractivity contribution in [3.8, 4) is 16.9 Å². The average Bonchev–Trinajstić information content (AvgIpc) is 1.74. The molecule has 0 radical (unpaired) electrons. The molecule has 0 saturated carbocycles. The van der Waals surface area contributed by atoms with Gasteiger partial charge in [0.2, 0.25) is 69.6 Å². The van der Waals surface area contributed by atoms with Gasteiger partial charge in [-0.05, 0) is 135 Å². The first kappa shape index (κ1) is 87.3. The van der Waals surface area contributed by atoms with Crippen molar-refractivity contribution in [3.63, 3.8) is 0 Å². The van der Waals surface area contributed by atoms with E-state index in [4.69, 9.17) is 0 Å². The lowest BCUT2D eigenvalue weighted by Crippen LogP contribution is -2.30. The van der Waals surface area contributed by atoms with E-state index in [2.05, 4.69) is 249 Å². The molecule has 1 saturated heterocycles. The Balaban J connectivity index is 0.000000124. The number of anilines is 15. The second kappa shape index (κ2) is 41.7. The zero-order valence-electron chi connectivity index (χ0n) is 72.9. The average molecular weight is 1710 g/mol. The molecular formula is C89H103FN36O. The van der Waals surface area contributed by atoms with E-state index in [9.17, 15) is 9.50 Å². The number of piperidine rings is 1. The van der Waals surface area contributed by atoms with E-state index in [-0.39, 0.29) is 11.6 Å². The molecule has 1 aliphatic heterocycles. The van der Waals surface area contributed by atoms with Gasteiger partial charge in [-0.3, -0.25) is 26.4 Å². The molecule has 38 heteroatoms. The Morgan fingerprint density at radius 1 is 0.386 bits per heavy atom.